The zero-order chi connectivity index (χ0) is 34.1. The van der Waals surface area contributed by atoms with Gasteiger partial charge in [-0.3, -0.25) is 4.57 Å². The van der Waals surface area contributed by atoms with Gasteiger partial charge in [-0.15, -0.1) is 0 Å². The first-order valence-electron chi connectivity index (χ1n) is 17.1. The van der Waals surface area contributed by atoms with E-state index < -0.39 is 0 Å². The van der Waals surface area contributed by atoms with E-state index in [2.05, 4.69) is 158 Å². The van der Waals surface area contributed by atoms with Gasteiger partial charge in [-0.05, 0) is 72.4 Å². The zero-order valence-corrected chi connectivity index (χ0v) is 28.8. The number of aromatic nitrogens is 5. The van der Waals surface area contributed by atoms with Crippen LogP contribution in [0.15, 0.2) is 134 Å². The highest BCUT2D eigenvalue weighted by Crippen LogP contribution is 2.39. The van der Waals surface area contributed by atoms with E-state index in [1.165, 1.54) is 43.9 Å². The van der Waals surface area contributed by atoms with E-state index in [1.54, 1.807) is 6.20 Å². The Morgan fingerprint density at radius 2 is 1.30 bits per heavy atom. The van der Waals surface area contributed by atoms with Crippen molar-refractivity contribution in [3.8, 4) is 28.7 Å². The lowest BCUT2D eigenvalue weighted by atomic mass is 9.86. The summed E-state index contributed by atoms with van der Waals surface area (Å²) in [4.78, 5) is 9.26. The van der Waals surface area contributed by atoms with E-state index in [1.807, 2.05) is 23.3 Å². The highest BCUT2D eigenvalue weighted by Gasteiger charge is 2.20. The molecule has 0 atom stereocenters. The van der Waals surface area contributed by atoms with E-state index in [0.29, 0.717) is 0 Å². The molecule has 0 fully saturated rings. The molecule has 4 aromatic heterocycles. The van der Waals surface area contributed by atoms with Gasteiger partial charge < -0.3 is 13.9 Å². The molecule has 9 aromatic rings. The summed E-state index contributed by atoms with van der Waals surface area (Å²) in [6, 6.07) is 38.8. The van der Waals surface area contributed by atoms with Crippen LogP contribution in [-0.2, 0) is 5.41 Å². The highest BCUT2D eigenvalue weighted by atomic mass is 16.5. The molecule has 0 saturated heterocycles. The van der Waals surface area contributed by atoms with Gasteiger partial charge >= 0.3 is 0 Å². The lowest BCUT2D eigenvalue weighted by Gasteiger charge is -2.21. The number of hydrogen-bond donors (Lipinski definition) is 0. The molecule has 244 valence electrons. The molecule has 5 aromatic carbocycles. The standard InChI is InChI=1S/C44H37N5O/c1-28-10-8-13-37-38-14-9-11-29(2)43(38)48(42(28)37)31-18-19-46-41(25-31)49-39-15-7-6-12-35(39)36-17-16-33(26-40(36)49)50-34-23-30(44(3,4)5)22-32(24-34)47-21-20-45-27-47/h6-27H,1-5H3. The molecule has 0 aliphatic carbocycles. The van der Waals surface area contributed by atoms with Crippen LogP contribution in [-0.4, -0.2) is 23.7 Å². The largest absolute Gasteiger partial charge is 0.457 e. The SMILES string of the molecule is Cc1cccc2c3cccc(C)c3n(-c3ccnc(-n4c5ccccc5c5ccc(Oc6cc(-n7ccnc7)cc(C(C)(C)C)c6)cc54)c3)c12. The molecule has 6 nitrogen and oxygen atoms in total. The van der Waals surface area contributed by atoms with Gasteiger partial charge in [-0.1, -0.05) is 75.4 Å². The quantitative estimate of drug-likeness (QED) is 0.186. The molecular formula is C44H37N5O. The minimum absolute atomic E-state index is 0.0603. The van der Waals surface area contributed by atoms with Crippen LogP contribution in [0.2, 0.25) is 0 Å². The molecule has 0 bridgehead atoms. The first-order valence-corrected chi connectivity index (χ1v) is 17.1. The van der Waals surface area contributed by atoms with Crippen LogP contribution in [0.3, 0.4) is 0 Å². The fraction of sp³-hybridized carbons (Fsp3) is 0.136. The number of ether oxygens (including phenoxy) is 1. The van der Waals surface area contributed by atoms with Gasteiger partial charge in [-0.2, -0.15) is 0 Å². The van der Waals surface area contributed by atoms with Crippen molar-refractivity contribution in [1.82, 2.24) is 23.7 Å². The molecule has 0 N–H and O–H groups in total. The molecule has 50 heavy (non-hydrogen) atoms. The predicted octanol–water partition coefficient (Wildman–Crippen LogP) is 11.2. The van der Waals surface area contributed by atoms with E-state index >= 15 is 0 Å². The Kier molecular flexibility index (Phi) is 6.71. The number of pyridine rings is 1. The maximum Gasteiger partial charge on any atom is 0.139 e. The van der Waals surface area contributed by atoms with Crippen LogP contribution >= 0.6 is 0 Å². The first kappa shape index (κ1) is 30.0. The number of imidazole rings is 1. The third-order valence-electron chi connectivity index (χ3n) is 9.87. The number of benzene rings is 5. The molecule has 0 radical (unpaired) electrons. The fourth-order valence-electron chi connectivity index (χ4n) is 7.42. The monoisotopic (exact) mass is 651 g/mol. The summed E-state index contributed by atoms with van der Waals surface area (Å²) >= 11 is 0. The van der Waals surface area contributed by atoms with Crippen molar-refractivity contribution >= 4 is 43.6 Å². The molecule has 0 amide bonds. The van der Waals surface area contributed by atoms with Gasteiger partial charge in [0.15, 0.2) is 0 Å². The third-order valence-corrected chi connectivity index (χ3v) is 9.87. The summed E-state index contributed by atoms with van der Waals surface area (Å²) in [6.07, 6.45) is 7.50. The minimum atomic E-state index is -0.0603. The van der Waals surface area contributed by atoms with Gasteiger partial charge in [0.25, 0.3) is 0 Å². The van der Waals surface area contributed by atoms with E-state index in [9.17, 15) is 0 Å². The zero-order valence-electron chi connectivity index (χ0n) is 28.8. The van der Waals surface area contributed by atoms with Crippen molar-refractivity contribution < 1.29 is 4.74 Å². The normalized spacial score (nSPS) is 12.1. The molecule has 0 saturated carbocycles. The van der Waals surface area contributed by atoms with Crippen molar-refractivity contribution in [3.05, 3.63) is 151 Å². The molecule has 4 heterocycles. The van der Waals surface area contributed by atoms with Crippen molar-refractivity contribution in [2.75, 3.05) is 0 Å². The van der Waals surface area contributed by atoms with Gasteiger partial charge in [0, 0.05) is 58.3 Å². The van der Waals surface area contributed by atoms with E-state index in [-0.39, 0.29) is 5.41 Å². The summed E-state index contributed by atoms with van der Waals surface area (Å²) in [5.41, 5.74) is 10.3. The maximum atomic E-state index is 6.68. The second kappa shape index (κ2) is 11.2. The van der Waals surface area contributed by atoms with E-state index in [4.69, 9.17) is 9.72 Å². The van der Waals surface area contributed by atoms with E-state index in [0.717, 1.165) is 45.1 Å². The second-order valence-electron chi connectivity index (χ2n) is 14.2. The van der Waals surface area contributed by atoms with Crippen LogP contribution in [0, 0.1) is 13.8 Å². The Labute approximate surface area is 290 Å². The van der Waals surface area contributed by atoms with Crippen LogP contribution in [0.1, 0.15) is 37.5 Å². The van der Waals surface area contributed by atoms with Gasteiger partial charge in [0.2, 0.25) is 0 Å². The second-order valence-corrected chi connectivity index (χ2v) is 14.2. The number of rotatable bonds is 5. The smallest absolute Gasteiger partial charge is 0.139 e. The van der Waals surface area contributed by atoms with Crippen molar-refractivity contribution in [3.63, 3.8) is 0 Å². The van der Waals surface area contributed by atoms with Crippen LogP contribution in [0.4, 0.5) is 0 Å². The first-order chi connectivity index (χ1) is 24.2. The van der Waals surface area contributed by atoms with Gasteiger partial charge in [0.05, 0.1) is 39.8 Å². The average Bonchev–Trinajstić information content (AvgIpc) is 3.84. The number of fused-ring (bicyclic) bond motifs is 6. The summed E-state index contributed by atoms with van der Waals surface area (Å²) in [7, 11) is 0. The fourth-order valence-corrected chi connectivity index (χ4v) is 7.42. The van der Waals surface area contributed by atoms with Crippen molar-refractivity contribution in [2.24, 2.45) is 0 Å². The third kappa shape index (κ3) is 4.78. The predicted molar refractivity (Wildman–Crippen MR) is 205 cm³/mol. The van der Waals surface area contributed by atoms with Gasteiger partial charge in [0.1, 0.15) is 17.3 Å². The Hall–Kier alpha value is -6.14. The van der Waals surface area contributed by atoms with Crippen LogP contribution < -0.4 is 4.74 Å². The summed E-state index contributed by atoms with van der Waals surface area (Å²) in [5.74, 6) is 2.38. The number of nitrogens with zero attached hydrogens (tertiary/aromatic N) is 5. The van der Waals surface area contributed by atoms with Crippen molar-refractivity contribution in [1.29, 1.82) is 0 Å². The Bertz CT molecular complexity index is 2680. The lowest BCUT2D eigenvalue weighted by Crippen LogP contribution is -2.12. The molecule has 0 spiro atoms. The molecule has 9 rings (SSSR count). The molecule has 0 aliphatic rings. The number of hydrogen-bond acceptors (Lipinski definition) is 3. The topological polar surface area (TPSA) is 49.8 Å². The highest BCUT2D eigenvalue weighted by molar-refractivity contribution is 6.12. The molecule has 0 aliphatic heterocycles. The Morgan fingerprint density at radius 1 is 0.580 bits per heavy atom. The molecule has 6 heteroatoms. The van der Waals surface area contributed by atoms with Crippen LogP contribution in [0.25, 0.3) is 60.8 Å². The summed E-state index contributed by atoms with van der Waals surface area (Å²) in [5, 5.41) is 4.83. The number of aryl methyl sites for hydroxylation is 2. The van der Waals surface area contributed by atoms with Crippen LogP contribution in [0.5, 0.6) is 11.5 Å². The lowest BCUT2D eigenvalue weighted by molar-refractivity contribution is 0.479. The number of para-hydroxylation sites is 3. The molecular weight excluding hydrogens is 615 g/mol. The Morgan fingerprint density at radius 3 is 2.02 bits per heavy atom. The van der Waals surface area contributed by atoms with Crippen molar-refractivity contribution in [2.45, 2.75) is 40.0 Å². The Balaban J connectivity index is 1.22. The summed E-state index contributed by atoms with van der Waals surface area (Å²) in [6.45, 7) is 11.0. The minimum Gasteiger partial charge on any atom is -0.457 e. The maximum absolute atomic E-state index is 6.68. The average molecular weight is 652 g/mol. The summed E-state index contributed by atoms with van der Waals surface area (Å²) < 4.78 is 13.4. The molecule has 0 unspecified atom stereocenters. The van der Waals surface area contributed by atoms with Gasteiger partial charge in [-0.25, -0.2) is 9.97 Å².